The van der Waals surface area contributed by atoms with Crippen molar-refractivity contribution in [1.82, 2.24) is 5.32 Å². The average molecular weight is 558 g/mol. The maximum atomic E-state index is 14.2. The molecule has 0 spiro atoms. The molecule has 0 aliphatic carbocycles. The Balaban J connectivity index is 0.00000456. The molecule has 0 saturated carbocycles. The van der Waals surface area contributed by atoms with E-state index in [2.05, 4.69) is 15.1 Å². The summed E-state index contributed by atoms with van der Waals surface area (Å²) >= 11 is 5.97. The molecule has 0 aliphatic rings. The predicted octanol–water partition coefficient (Wildman–Crippen LogP) is 4.84. The second-order valence-corrected chi connectivity index (χ2v) is 10.4. The van der Waals surface area contributed by atoms with Crippen LogP contribution >= 0.6 is 24.0 Å². The van der Waals surface area contributed by atoms with Gasteiger partial charge < -0.3 is 10.4 Å². The molecule has 3 aromatic carbocycles. The Morgan fingerprint density at radius 2 is 1.75 bits per heavy atom. The minimum atomic E-state index is -3.97. The highest BCUT2D eigenvalue weighted by Gasteiger charge is 2.20. The van der Waals surface area contributed by atoms with Crippen LogP contribution in [0.3, 0.4) is 0 Å². The number of hydrogen-bond acceptors (Lipinski definition) is 7. The first kappa shape index (κ1) is 29.5. The van der Waals surface area contributed by atoms with Gasteiger partial charge in [0.1, 0.15) is 0 Å². The molecule has 36 heavy (non-hydrogen) atoms. The summed E-state index contributed by atoms with van der Waals surface area (Å²) < 4.78 is 40.0. The molecule has 0 amide bonds. The summed E-state index contributed by atoms with van der Waals surface area (Å²) in [6.45, 7) is 3.37. The highest BCUT2D eigenvalue weighted by Crippen LogP contribution is 2.26. The van der Waals surface area contributed by atoms with Crippen molar-refractivity contribution in [2.75, 3.05) is 6.54 Å². The van der Waals surface area contributed by atoms with Crippen LogP contribution < -0.4 is 10.2 Å². The molecule has 0 aromatic heterocycles. The molecule has 3 rings (SSSR count). The molecule has 2 N–H and O–H groups in total. The number of sulfone groups is 1. The lowest BCUT2D eigenvalue weighted by molar-refractivity contribution is -0.211. The van der Waals surface area contributed by atoms with Crippen LogP contribution in [-0.2, 0) is 25.9 Å². The first-order chi connectivity index (χ1) is 16.6. The molecule has 7 nitrogen and oxygen atoms in total. The highest BCUT2D eigenvalue weighted by molar-refractivity contribution is 7.91. The minimum absolute atomic E-state index is 0. The monoisotopic (exact) mass is 557 g/mol. The third kappa shape index (κ3) is 7.91. The number of aliphatic hydroxyl groups is 1. The number of benzene rings is 3. The van der Waals surface area contributed by atoms with E-state index in [9.17, 15) is 22.7 Å². The van der Waals surface area contributed by atoms with Gasteiger partial charge in [0.2, 0.25) is 15.6 Å². The van der Waals surface area contributed by atoms with Gasteiger partial charge in [-0.25, -0.2) is 17.6 Å². The van der Waals surface area contributed by atoms with E-state index < -0.39 is 33.5 Å². The van der Waals surface area contributed by atoms with Crippen LogP contribution in [0.5, 0.6) is 5.75 Å². The third-order valence-corrected chi connectivity index (χ3v) is 7.13. The molecule has 0 unspecified atom stereocenters. The zero-order valence-electron chi connectivity index (χ0n) is 19.5. The van der Waals surface area contributed by atoms with Gasteiger partial charge in [0.05, 0.1) is 15.9 Å². The second-order valence-electron chi connectivity index (χ2n) is 7.98. The first-order valence-electron chi connectivity index (χ1n) is 10.7. The van der Waals surface area contributed by atoms with Crippen molar-refractivity contribution in [3.63, 3.8) is 0 Å². The maximum absolute atomic E-state index is 14.2. The van der Waals surface area contributed by atoms with Crippen molar-refractivity contribution in [2.45, 2.75) is 42.2 Å². The smallest absolute Gasteiger partial charge is 0.352 e. The third-order valence-electron chi connectivity index (χ3n) is 5.13. The zero-order chi connectivity index (χ0) is 25.6. The van der Waals surface area contributed by atoms with Crippen molar-refractivity contribution in [3.8, 4) is 5.75 Å². The fourth-order valence-electron chi connectivity index (χ4n) is 3.33. The van der Waals surface area contributed by atoms with Crippen LogP contribution in [0.15, 0.2) is 76.5 Å². The lowest BCUT2D eigenvalue weighted by atomic mass is 10.1. The van der Waals surface area contributed by atoms with Crippen LogP contribution in [0.25, 0.3) is 0 Å². The van der Waals surface area contributed by atoms with E-state index in [0.717, 1.165) is 24.6 Å². The Hall–Kier alpha value is -2.69. The normalized spacial score (nSPS) is 12.8. The quantitative estimate of drug-likeness (QED) is 0.271. The number of rotatable bonds is 10. The lowest BCUT2D eigenvalue weighted by Crippen LogP contribution is -2.32. The topological polar surface area (TPSA) is 102 Å². The van der Waals surface area contributed by atoms with Crippen molar-refractivity contribution < 1.29 is 32.5 Å². The molecule has 194 valence electrons. The predicted molar refractivity (Wildman–Crippen MR) is 136 cm³/mol. The van der Waals surface area contributed by atoms with Crippen LogP contribution in [0, 0.1) is 5.82 Å². The standard InChI is InChI=1S/C25H25ClFNO6S.ClH/c1-16(28-15-24(30)19-4-3-5-20(26)13-19)12-18-6-8-21(9-7-18)35(31,32)22-10-11-25(23(27)14-22)34-33-17(2)29;/h3-11,13-14,16,24,28,30H,12,15H2,1-2H3;1H/t16-,24+;/m1./s1. The van der Waals surface area contributed by atoms with Crippen molar-refractivity contribution in [1.29, 1.82) is 0 Å². The van der Waals surface area contributed by atoms with Gasteiger partial charge in [-0.3, -0.25) is 9.78 Å². The Morgan fingerprint density at radius 3 is 2.36 bits per heavy atom. The molecule has 0 saturated heterocycles. The van der Waals surface area contributed by atoms with Gasteiger partial charge in [-0.05, 0) is 66.9 Å². The van der Waals surface area contributed by atoms with Gasteiger partial charge in [-0.1, -0.05) is 35.9 Å². The number of nitrogens with one attached hydrogen (secondary N) is 1. The molecular formula is C25H26Cl2FNO6S. The van der Waals surface area contributed by atoms with Gasteiger partial charge in [0.25, 0.3) is 0 Å². The van der Waals surface area contributed by atoms with Gasteiger partial charge >= 0.3 is 5.97 Å². The van der Waals surface area contributed by atoms with Gasteiger partial charge in [-0.15, -0.1) is 12.4 Å². The van der Waals surface area contributed by atoms with Gasteiger partial charge in [-0.2, -0.15) is 0 Å². The summed E-state index contributed by atoms with van der Waals surface area (Å²) in [5.74, 6) is -2.16. The molecule has 2 atom stereocenters. The van der Waals surface area contributed by atoms with E-state index in [-0.39, 0.29) is 28.2 Å². The fourth-order valence-corrected chi connectivity index (χ4v) is 4.80. The first-order valence-corrected chi connectivity index (χ1v) is 12.6. The van der Waals surface area contributed by atoms with E-state index >= 15 is 0 Å². The largest absolute Gasteiger partial charge is 0.387 e. The fraction of sp³-hybridized carbons (Fsp3) is 0.240. The molecule has 0 bridgehead atoms. The molecular weight excluding hydrogens is 532 g/mol. The van der Waals surface area contributed by atoms with Crippen LogP contribution in [0.2, 0.25) is 5.02 Å². The number of halogens is 3. The molecule has 11 heteroatoms. The zero-order valence-corrected chi connectivity index (χ0v) is 21.9. The SMILES string of the molecule is CC(=O)OOc1ccc(S(=O)(=O)c2ccc(C[C@@H](C)NC[C@H](O)c3cccc(Cl)c3)cc2)cc1F.Cl. The van der Waals surface area contributed by atoms with Gasteiger partial charge in [0, 0.05) is 24.5 Å². The van der Waals surface area contributed by atoms with Crippen LogP contribution in [0.4, 0.5) is 4.39 Å². The van der Waals surface area contributed by atoms with E-state index in [1.54, 1.807) is 36.4 Å². The van der Waals surface area contributed by atoms with E-state index in [1.807, 2.05) is 6.92 Å². The van der Waals surface area contributed by atoms with Crippen molar-refractivity contribution in [2.24, 2.45) is 0 Å². The summed E-state index contributed by atoms with van der Waals surface area (Å²) in [4.78, 5) is 19.3. The van der Waals surface area contributed by atoms with Crippen LogP contribution in [-0.4, -0.2) is 32.1 Å². The lowest BCUT2D eigenvalue weighted by Gasteiger charge is -2.18. The minimum Gasteiger partial charge on any atom is -0.387 e. The molecule has 0 heterocycles. The van der Waals surface area contributed by atoms with Crippen molar-refractivity contribution in [3.05, 3.63) is 88.7 Å². The number of hydrogen-bond donors (Lipinski definition) is 2. The number of carbonyl (C=O) groups excluding carboxylic acids is 1. The summed E-state index contributed by atoms with van der Waals surface area (Å²) in [6, 6.07) is 16.4. The van der Waals surface area contributed by atoms with Crippen LogP contribution in [0.1, 0.15) is 31.1 Å². The summed E-state index contributed by atoms with van der Waals surface area (Å²) in [5, 5.41) is 14.1. The molecule has 3 aromatic rings. The summed E-state index contributed by atoms with van der Waals surface area (Å²) in [5.41, 5.74) is 1.60. The summed E-state index contributed by atoms with van der Waals surface area (Å²) in [7, 11) is -3.97. The van der Waals surface area contributed by atoms with E-state index in [0.29, 0.717) is 23.6 Å². The molecule has 0 fully saturated rings. The number of carbonyl (C=O) groups is 1. The Kier molecular flexibility index (Phi) is 10.7. The summed E-state index contributed by atoms with van der Waals surface area (Å²) in [6.07, 6.45) is -0.116. The van der Waals surface area contributed by atoms with E-state index in [1.165, 1.54) is 18.2 Å². The second kappa shape index (κ2) is 13.0. The highest BCUT2D eigenvalue weighted by atomic mass is 35.5. The Morgan fingerprint density at radius 1 is 1.08 bits per heavy atom. The Bertz CT molecular complexity index is 1290. The number of aliphatic hydroxyl groups excluding tert-OH is 1. The average Bonchev–Trinajstić information content (AvgIpc) is 2.82. The van der Waals surface area contributed by atoms with Crippen molar-refractivity contribution >= 4 is 39.8 Å². The van der Waals surface area contributed by atoms with Gasteiger partial charge in [0.15, 0.2) is 5.82 Å². The maximum Gasteiger partial charge on any atom is 0.352 e. The van der Waals surface area contributed by atoms with E-state index in [4.69, 9.17) is 11.6 Å². The Labute approximate surface area is 220 Å². The molecule has 0 radical (unpaired) electrons. The molecule has 0 aliphatic heterocycles.